The molecule has 3 N–H and O–H groups in total. The van der Waals surface area contributed by atoms with Gasteiger partial charge in [-0.3, -0.25) is 9.59 Å². The molecule has 1 fully saturated rings. The number of carbonyl (C=O) groups is 2. The number of amides is 2. The van der Waals surface area contributed by atoms with Gasteiger partial charge in [-0.05, 0) is 19.3 Å². The number of hydrogen-bond acceptors (Lipinski definition) is 2. The number of primary amides is 1. The van der Waals surface area contributed by atoms with E-state index in [9.17, 15) is 9.59 Å². The summed E-state index contributed by atoms with van der Waals surface area (Å²) in [6, 6.07) is 0.362. The Kier molecular flexibility index (Phi) is 4.59. The maximum absolute atomic E-state index is 11.5. The molecule has 86 valence electrons. The molecule has 0 aromatic heterocycles. The smallest absolute Gasteiger partial charge is 0.220 e. The first-order valence-electron chi connectivity index (χ1n) is 5.68. The largest absolute Gasteiger partial charge is 0.369 e. The quantitative estimate of drug-likeness (QED) is 0.712. The molecule has 4 heteroatoms. The molecule has 0 aromatic rings. The Bertz CT molecular complexity index is 235. The normalized spacial score (nSPS) is 18.7. The number of nitrogens with two attached hydrogens (primary N) is 1. The molecule has 2 amide bonds. The molecule has 0 radical (unpaired) electrons. The minimum absolute atomic E-state index is 0.0509. The number of carbonyl (C=O) groups excluding carboxylic acids is 2. The van der Waals surface area contributed by atoms with Crippen LogP contribution in [0.3, 0.4) is 0 Å². The molecule has 0 heterocycles. The predicted octanol–water partition coefficient (Wildman–Crippen LogP) is 0.947. The zero-order valence-electron chi connectivity index (χ0n) is 9.29. The second kappa shape index (κ2) is 5.73. The van der Waals surface area contributed by atoms with Crippen LogP contribution in [0, 0.1) is 5.92 Å². The molecule has 0 saturated heterocycles. The van der Waals surface area contributed by atoms with Crippen molar-refractivity contribution in [2.45, 2.75) is 51.5 Å². The molecular formula is C11H20N2O2. The first-order valence-corrected chi connectivity index (χ1v) is 5.68. The van der Waals surface area contributed by atoms with Gasteiger partial charge in [-0.1, -0.05) is 19.8 Å². The van der Waals surface area contributed by atoms with Crippen LogP contribution in [0.15, 0.2) is 0 Å². The van der Waals surface area contributed by atoms with Crippen molar-refractivity contribution in [3.05, 3.63) is 0 Å². The summed E-state index contributed by atoms with van der Waals surface area (Å²) < 4.78 is 0. The first-order chi connectivity index (χ1) is 7.09. The van der Waals surface area contributed by atoms with Crippen LogP contribution in [-0.2, 0) is 9.59 Å². The van der Waals surface area contributed by atoms with Crippen molar-refractivity contribution in [2.75, 3.05) is 0 Å². The fraction of sp³-hybridized carbons (Fsp3) is 0.818. The van der Waals surface area contributed by atoms with Crippen LogP contribution in [0.1, 0.15) is 45.4 Å². The second-order valence-electron chi connectivity index (χ2n) is 4.39. The molecule has 1 atom stereocenters. The standard InChI is InChI=1S/C11H20N2O2/c1-8(11(12)15)6-7-10(14)13-9-4-2-3-5-9/h8-9H,2-7H2,1H3,(H2,12,15)(H,13,14)/t8-/m0/s1. The molecule has 15 heavy (non-hydrogen) atoms. The van der Waals surface area contributed by atoms with Crippen molar-refractivity contribution < 1.29 is 9.59 Å². The Morgan fingerprint density at radius 1 is 1.40 bits per heavy atom. The van der Waals surface area contributed by atoms with Crippen LogP contribution in [0.25, 0.3) is 0 Å². The summed E-state index contributed by atoms with van der Waals surface area (Å²) in [4.78, 5) is 22.2. The molecule has 0 unspecified atom stereocenters. The average Bonchev–Trinajstić information content (AvgIpc) is 2.66. The number of rotatable bonds is 5. The van der Waals surface area contributed by atoms with Gasteiger partial charge in [0, 0.05) is 18.4 Å². The molecule has 0 aromatic carbocycles. The molecule has 1 rings (SSSR count). The number of hydrogen-bond donors (Lipinski definition) is 2. The van der Waals surface area contributed by atoms with Crippen LogP contribution < -0.4 is 11.1 Å². The monoisotopic (exact) mass is 212 g/mol. The average molecular weight is 212 g/mol. The van der Waals surface area contributed by atoms with Gasteiger partial charge in [-0.15, -0.1) is 0 Å². The predicted molar refractivity (Wildman–Crippen MR) is 58.0 cm³/mol. The van der Waals surface area contributed by atoms with E-state index in [1.807, 2.05) is 0 Å². The number of nitrogens with one attached hydrogen (secondary N) is 1. The summed E-state index contributed by atoms with van der Waals surface area (Å²) in [5, 5.41) is 2.98. The van der Waals surface area contributed by atoms with Crippen molar-refractivity contribution in [1.82, 2.24) is 5.32 Å². The highest BCUT2D eigenvalue weighted by Gasteiger charge is 2.18. The Morgan fingerprint density at radius 2 is 2.00 bits per heavy atom. The summed E-state index contributed by atoms with van der Waals surface area (Å²) in [7, 11) is 0. The molecule has 0 bridgehead atoms. The van der Waals surface area contributed by atoms with Gasteiger partial charge < -0.3 is 11.1 Å². The Labute approximate surface area is 90.6 Å². The summed E-state index contributed by atoms with van der Waals surface area (Å²) in [5.74, 6) is -0.488. The lowest BCUT2D eigenvalue weighted by Gasteiger charge is -2.12. The van der Waals surface area contributed by atoms with Gasteiger partial charge in [0.15, 0.2) is 0 Å². The first kappa shape index (κ1) is 12.0. The van der Waals surface area contributed by atoms with Crippen LogP contribution >= 0.6 is 0 Å². The lowest BCUT2D eigenvalue weighted by Crippen LogP contribution is -2.33. The minimum Gasteiger partial charge on any atom is -0.369 e. The Hall–Kier alpha value is -1.06. The lowest BCUT2D eigenvalue weighted by molar-refractivity contribution is -0.123. The maximum Gasteiger partial charge on any atom is 0.220 e. The van der Waals surface area contributed by atoms with Crippen LogP contribution in [0.5, 0.6) is 0 Å². The summed E-state index contributed by atoms with van der Waals surface area (Å²) >= 11 is 0. The van der Waals surface area contributed by atoms with Crippen molar-refractivity contribution in [2.24, 2.45) is 11.7 Å². The van der Waals surface area contributed by atoms with Gasteiger partial charge in [-0.25, -0.2) is 0 Å². The SMILES string of the molecule is C[C@@H](CCC(=O)NC1CCCC1)C(N)=O. The third kappa shape index (κ3) is 4.32. The molecule has 1 aliphatic rings. The third-order valence-corrected chi connectivity index (χ3v) is 3.01. The van der Waals surface area contributed by atoms with E-state index in [1.54, 1.807) is 6.92 Å². The molecule has 0 aliphatic heterocycles. The van der Waals surface area contributed by atoms with E-state index in [1.165, 1.54) is 12.8 Å². The topological polar surface area (TPSA) is 72.2 Å². The van der Waals surface area contributed by atoms with E-state index in [-0.39, 0.29) is 17.7 Å². The fourth-order valence-electron chi connectivity index (χ4n) is 1.86. The van der Waals surface area contributed by atoms with E-state index in [0.29, 0.717) is 18.9 Å². The Balaban J connectivity index is 2.15. The summed E-state index contributed by atoms with van der Waals surface area (Å²) in [5.41, 5.74) is 5.12. The maximum atomic E-state index is 11.5. The van der Waals surface area contributed by atoms with Crippen LogP contribution in [-0.4, -0.2) is 17.9 Å². The van der Waals surface area contributed by atoms with Crippen molar-refractivity contribution in [3.63, 3.8) is 0 Å². The summed E-state index contributed by atoms with van der Waals surface area (Å²) in [6.07, 6.45) is 5.56. The molecular weight excluding hydrogens is 192 g/mol. The van der Waals surface area contributed by atoms with Gasteiger partial charge in [0.25, 0.3) is 0 Å². The zero-order valence-corrected chi connectivity index (χ0v) is 9.29. The third-order valence-electron chi connectivity index (χ3n) is 3.01. The van der Waals surface area contributed by atoms with Gasteiger partial charge >= 0.3 is 0 Å². The molecule has 1 aliphatic carbocycles. The van der Waals surface area contributed by atoms with E-state index in [2.05, 4.69) is 5.32 Å². The highest BCUT2D eigenvalue weighted by Crippen LogP contribution is 2.17. The highest BCUT2D eigenvalue weighted by atomic mass is 16.2. The van der Waals surface area contributed by atoms with Crippen molar-refractivity contribution in [3.8, 4) is 0 Å². The Morgan fingerprint density at radius 3 is 2.53 bits per heavy atom. The lowest BCUT2D eigenvalue weighted by atomic mass is 10.0. The van der Waals surface area contributed by atoms with Crippen molar-refractivity contribution in [1.29, 1.82) is 0 Å². The van der Waals surface area contributed by atoms with Gasteiger partial charge in [-0.2, -0.15) is 0 Å². The van der Waals surface area contributed by atoms with Crippen LogP contribution in [0.4, 0.5) is 0 Å². The second-order valence-corrected chi connectivity index (χ2v) is 4.39. The molecule has 0 spiro atoms. The molecule has 4 nitrogen and oxygen atoms in total. The van der Waals surface area contributed by atoms with E-state index in [0.717, 1.165) is 12.8 Å². The van der Waals surface area contributed by atoms with Crippen molar-refractivity contribution >= 4 is 11.8 Å². The molecule has 1 saturated carbocycles. The fourth-order valence-corrected chi connectivity index (χ4v) is 1.86. The highest BCUT2D eigenvalue weighted by molar-refractivity contribution is 5.79. The summed E-state index contributed by atoms with van der Waals surface area (Å²) in [6.45, 7) is 1.76. The van der Waals surface area contributed by atoms with E-state index in [4.69, 9.17) is 5.73 Å². The van der Waals surface area contributed by atoms with E-state index >= 15 is 0 Å². The minimum atomic E-state index is -0.330. The van der Waals surface area contributed by atoms with Gasteiger partial charge in [0.05, 0.1) is 0 Å². The van der Waals surface area contributed by atoms with E-state index < -0.39 is 0 Å². The zero-order chi connectivity index (χ0) is 11.3. The van der Waals surface area contributed by atoms with Gasteiger partial charge in [0.1, 0.15) is 0 Å². The van der Waals surface area contributed by atoms with Gasteiger partial charge in [0.2, 0.25) is 11.8 Å². The van der Waals surface area contributed by atoms with Crippen LogP contribution in [0.2, 0.25) is 0 Å².